The number of pyridine rings is 1. The number of amides is 2. The second kappa shape index (κ2) is 10.8. The summed E-state index contributed by atoms with van der Waals surface area (Å²) in [7, 11) is 0. The summed E-state index contributed by atoms with van der Waals surface area (Å²) < 4.78 is 5.75. The zero-order chi connectivity index (χ0) is 21.2. The molecule has 0 aliphatic carbocycles. The Morgan fingerprint density at radius 2 is 1.97 bits per heavy atom. The lowest BCUT2D eigenvalue weighted by Gasteiger charge is -2.26. The molecule has 1 atom stereocenters. The second-order valence-corrected chi connectivity index (χ2v) is 6.56. The third-order valence-corrected chi connectivity index (χ3v) is 4.25. The third kappa shape index (κ3) is 7.25. The fourth-order valence-electron chi connectivity index (χ4n) is 2.69. The lowest BCUT2D eigenvalue weighted by atomic mass is 10.1. The summed E-state index contributed by atoms with van der Waals surface area (Å²) in [6.45, 7) is 3.46. The first-order chi connectivity index (χ1) is 13.9. The van der Waals surface area contributed by atoms with Crippen LogP contribution in [0.25, 0.3) is 0 Å². The lowest BCUT2D eigenvalue weighted by molar-refractivity contribution is -0.149. The van der Waals surface area contributed by atoms with Crippen molar-refractivity contribution in [3.8, 4) is 5.75 Å². The van der Waals surface area contributed by atoms with Crippen molar-refractivity contribution in [3.05, 3.63) is 59.9 Å². The molecule has 1 aromatic heterocycles. The summed E-state index contributed by atoms with van der Waals surface area (Å²) in [6, 6.07) is 9.84. The van der Waals surface area contributed by atoms with Crippen molar-refractivity contribution in [1.82, 2.24) is 15.2 Å². The molecule has 2 N–H and O–H groups in total. The molecular weight excluding hydrogens is 374 g/mol. The SMILES string of the molecule is CC(=O)NCCN(C(=O)Cc1cccc(OCc2cccnc2)c1)C(C)C(=O)O. The van der Waals surface area contributed by atoms with Gasteiger partial charge in [0.05, 0.1) is 6.42 Å². The quantitative estimate of drug-likeness (QED) is 0.629. The van der Waals surface area contributed by atoms with Crippen LogP contribution in [0.1, 0.15) is 25.0 Å². The molecule has 0 saturated heterocycles. The molecular formula is C21H25N3O5. The van der Waals surface area contributed by atoms with E-state index in [0.717, 1.165) is 5.56 Å². The number of nitrogens with one attached hydrogen (secondary N) is 1. The summed E-state index contributed by atoms with van der Waals surface area (Å²) in [5.74, 6) is -1.07. The average Bonchev–Trinajstić information content (AvgIpc) is 2.70. The molecule has 29 heavy (non-hydrogen) atoms. The van der Waals surface area contributed by atoms with E-state index in [2.05, 4.69) is 10.3 Å². The Bertz CT molecular complexity index is 841. The van der Waals surface area contributed by atoms with Crippen molar-refractivity contribution in [2.75, 3.05) is 13.1 Å². The first-order valence-electron chi connectivity index (χ1n) is 9.24. The highest BCUT2D eigenvalue weighted by atomic mass is 16.5. The van der Waals surface area contributed by atoms with E-state index in [1.807, 2.05) is 12.1 Å². The molecule has 2 amide bonds. The van der Waals surface area contributed by atoms with E-state index in [1.54, 1.807) is 36.7 Å². The van der Waals surface area contributed by atoms with Gasteiger partial charge in [-0.3, -0.25) is 14.6 Å². The molecule has 2 aromatic rings. The van der Waals surface area contributed by atoms with Gasteiger partial charge in [0.25, 0.3) is 0 Å². The molecule has 0 saturated carbocycles. The molecule has 154 valence electrons. The minimum Gasteiger partial charge on any atom is -0.489 e. The zero-order valence-corrected chi connectivity index (χ0v) is 16.5. The van der Waals surface area contributed by atoms with Crippen LogP contribution in [0.3, 0.4) is 0 Å². The minimum absolute atomic E-state index is 0.0295. The van der Waals surface area contributed by atoms with Crippen LogP contribution in [0.15, 0.2) is 48.8 Å². The number of hydrogen-bond acceptors (Lipinski definition) is 5. The molecule has 0 fully saturated rings. The van der Waals surface area contributed by atoms with Gasteiger partial charge in [0.1, 0.15) is 18.4 Å². The highest BCUT2D eigenvalue weighted by molar-refractivity contribution is 5.85. The van der Waals surface area contributed by atoms with Gasteiger partial charge in [-0.2, -0.15) is 0 Å². The number of carboxylic acids is 1. The van der Waals surface area contributed by atoms with Crippen LogP contribution in [-0.2, 0) is 27.4 Å². The predicted octanol–water partition coefficient (Wildman–Crippen LogP) is 1.64. The van der Waals surface area contributed by atoms with Crippen LogP contribution >= 0.6 is 0 Å². The van der Waals surface area contributed by atoms with Crippen molar-refractivity contribution in [2.24, 2.45) is 0 Å². The fraction of sp³-hybridized carbons (Fsp3) is 0.333. The summed E-state index contributed by atoms with van der Waals surface area (Å²) in [5, 5.41) is 11.9. The minimum atomic E-state index is -1.10. The molecule has 0 spiro atoms. The average molecular weight is 399 g/mol. The molecule has 0 aliphatic heterocycles. The van der Waals surface area contributed by atoms with Gasteiger partial charge in [-0.15, -0.1) is 0 Å². The highest BCUT2D eigenvalue weighted by Gasteiger charge is 2.25. The van der Waals surface area contributed by atoms with Crippen LogP contribution in [0.2, 0.25) is 0 Å². The van der Waals surface area contributed by atoms with Gasteiger partial charge in [-0.1, -0.05) is 18.2 Å². The Morgan fingerprint density at radius 3 is 2.62 bits per heavy atom. The third-order valence-electron chi connectivity index (χ3n) is 4.25. The Kier molecular flexibility index (Phi) is 8.14. The van der Waals surface area contributed by atoms with Gasteiger partial charge in [-0.25, -0.2) is 4.79 Å². The molecule has 1 aromatic carbocycles. The van der Waals surface area contributed by atoms with Crippen LogP contribution in [0.4, 0.5) is 0 Å². The van der Waals surface area contributed by atoms with E-state index in [9.17, 15) is 19.5 Å². The van der Waals surface area contributed by atoms with E-state index in [-0.39, 0.29) is 31.3 Å². The van der Waals surface area contributed by atoms with Crippen LogP contribution in [0.5, 0.6) is 5.75 Å². The molecule has 8 heteroatoms. The van der Waals surface area contributed by atoms with Crippen LogP contribution in [0, 0.1) is 0 Å². The number of nitrogens with zero attached hydrogens (tertiary/aromatic N) is 2. The highest BCUT2D eigenvalue weighted by Crippen LogP contribution is 2.16. The number of carboxylic acid groups (broad SMARTS) is 1. The molecule has 2 rings (SSSR count). The second-order valence-electron chi connectivity index (χ2n) is 6.56. The number of carbonyl (C=O) groups excluding carboxylic acids is 2. The van der Waals surface area contributed by atoms with Gasteiger partial charge >= 0.3 is 5.97 Å². The number of carbonyl (C=O) groups is 3. The smallest absolute Gasteiger partial charge is 0.326 e. The van der Waals surface area contributed by atoms with Crippen LogP contribution < -0.4 is 10.1 Å². The van der Waals surface area contributed by atoms with Gasteiger partial charge in [-0.05, 0) is 30.7 Å². The summed E-state index contributed by atoms with van der Waals surface area (Å²) in [4.78, 5) is 40.4. The molecule has 0 radical (unpaired) electrons. The van der Waals surface area contributed by atoms with Gasteiger partial charge in [0, 0.05) is 38.0 Å². The maximum Gasteiger partial charge on any atom is 0.326 e. The number of hydrogen-bond donors (Lipinski definition) is 2. The van der Waals surface area contributed by atoms with E-state index >= 15 is 0 Å². The molecule has 1 unspecified atom stereocenters. The maximum absolute atomic E-state index is 12.7. The predicted molar refractivity (Wildman–Crippen MR) is 106 cm³/mol. The largest absolute Gasteiger partial charge is 0.489 e. The lowest BCUT2D eigenvalue weighted by Crippen LogP contribution is -2.47. The first kappa shape index (κ1) is 21.9. The van der Waals surface area contributed by atoms with Gasteiger partial charge in [0.15, 0.2) is 0 Å². The molecule has 0 aliphatic rings. The Hall–Kier alpha value is -3.42. The zero-order valence-electron chi connectivity index (χ0n) is 16.5. The summed E-state index contributed by atoms with van der Waals surface area (Å²) >= 11 is 0. The number of rotatable bonds is 10. The normalized spacial score (nSPS) is 11.4. The summed E-state index contributed by atoms with van der Waals surface area (Å²) in [6.07, 6.45) is 3.43. The fourth-order valence-corrected chi connectivity index (χ4v) is 2.69. The number of aliphatic carboxylic acids is 1. The molecule has 1 heterocycles. The molecule has 8 nitrogen and oxygen atoms in total. The van der Waals surface area contributed by atoms with E-state index in [4.69, 9.17) is 4.74 Å². The van der Waals surface area contributed by atoms with E-state index < -0.39 is 12.0 Å². The summed E-state index contributed by atoms with van der Waals surface area (Å²) in [5.41, 5.74) is 1.63. The van der Waals surface area contributed by atoms with Crippen molar-refractivity contribution >= 4 is 17.8 Å². The molecule has 0 bridgehead atoms. The van der Waals surface area contributed by atoms with Crippen molar-refractivity contribution in [2.45, 2.75) is 32.9 Å². The Balaban J connectivity index is 2.02. The van der Waals surface area contributed by atoms with Crippen molar-refractivity contribution in [1.29, 1.82) is 0 Å². The monoisotopic (exact) mass is 399 g/mol. The van der Waals surface area contributed by atoms with Gasteiger partial charge < -0.3 is 20.1 Å². The van der Waals surface area contributed by atoms with Gasteiger partial charge in [0.2, 0.25) is 11.8 Å². The standard InChI is InChI=1S/C21H25N3O5/c1-15(21(27)28)24(10-9-23-16(2)25)20(26)12-17-5-3-7-19(11-17)29-14-18-6-4-8-22-13-18/h3-8,11,13,15H,9-10,12,14H2,1-2H3,(H,23,25)(H,27,28). The van der Waals surface area contributed by atoms with Crippen molar-refractivity contribution < 1.29 is 24.2 Å². The topological polar surface area (TPSA) is 109 Å². The maximum atomic E-state index is 12.7. The number of benzene rings is 1. The van der Waals surface area contributed by atoms with Crippen molar-refractivity contribution in [3.63, 3.8) is 0 Å². The first-order valence-corrected chi connectivity index (χ1v) is 9.24. The number of aromatic nitrogens is 1. The number of ether oxygens (including phenoxy) is 1. The Morgan fingerprint density at radius 1 is 1.21 bits per heavy atom. The van der Waals surface area contributed by atoms with Crippen LogP contribution in [-0.4, -0.2) is 51.9 Å². The Labute approximate surface area is 169 Å². The van der Waals surface area contributed by atoms with E-state index in [1.165, 1.54) is 18.7 Å². The van der Waals surface area contributed by atoms with E-state index in [0.29, 0.717) is 17.9 Å².